The molecule has 6 atom stereocenters. The highest BCUT2D eigenvalue weighted by atomic mass is 16.6. The van der Waals surface area contributed by atoms with Gasteiger partial charge >= 0.3 is 0 Å². The summed E-state index contributed by atoms with van der Waals surface area (Å²) in [6.45, 7) is 4.42. The molecule has 1 heteroatoms. The molecule has 4 aliphatic rings. The second-order valence-corrected chi connectivity index (χ2v) is 6.30. The second-order valence-electron chi connectivity index (χ2n) is 6.30. The number of unbranched alkanes of at least 4 members (excludes halogenated alkanes) is 2. The number of epoxide rings is 1. The van der Waals surface area contributed by atoms with Gasteiger partial charge in [0.15, 0.2) is 0 Å². The predicted molar refractivity (Wildman–Crippen MR) is 66.3 cm³/mol. The average molecular weight is 222 g/mol. The molecule has 0 N–H and O–H groups in total. The summed E-state index contributed by atoms with van der Waals surface area (Å²) in [6.07, 6.45) is 11.6. The van der Waals surface area contributed by atoms with Crippen molar-refractivity contribution in [1.29, 1.82) is 0 Å². The lowest BCUT2D eigenvalue weighted by Gasteiger charge is -2.25. The summed E-state index contributed by atoms with van der Waals surface area (Å²) in [5.41, 5.74) is 0. The van der Waals surface area contributed by atoms with Crippen LogP contribution in [0.3, 0.4) is 0 Å². The van der Waals surface area contributed by atoms with E-state index >= 15 is 0 Å². The van der Waals surface area contributed by atoms with Crippen LogP contribution in [-0.4, -0.2) is 12.2 Å². The van der Waals surface area contributed by atoms with E-state index in [9.17, 15) is 0 Å². The molecular weight excluding hydrogens is 196 g/mol. The first-order valence-corrected chi connectivity index (χ1v) is 7.50. The lowest BCUT2D eigenvalue weighted by Crippen LogP contribution is -2.22. The molecule has 3 aliphatic carbocycles. The maximum absolute atomic E-state index is 5.62. The molecule has 0 radical (unpaired) electrons. The molecule has 1 heterocycles. The quantitative estimate of drug-likeness (QED) is 0.643. The molecule has 3 saturated carbocycles. The Kier molecular flexibility index (Phi) is 2.99. The van der Waals surface area contributed by atoms with Gasteiger partial charge in [0.2, 0.25) is 0 Å². The Bertz CT molecular complexity index is 248. The van der Waals surface area contributed by atoms with Gasteiger partial charge in [-0.15, -0.1) is 0 Å². The molecule has 6 unspecified atom stereocenters. The molecule has 1 nitrogen and oxygen atoms in total. The highest BCUT2D eigenvalue weighted by molar-refractivity contribution is 5.12. The zero-order valence-electron chi connectivity index (χ0n) is 10.8. The number of rotatable bonds is 2. The Hall–Kier alpha value is -0.0400. The van der Waals surface area contributed by atoms with Crippen molar-refractivity contribution in [3.8, 4) is 0 Å². The third-order valence-corrected chi connectivity index (χ3v) is 5.37. The van der Waals surface area contributed by atoms with Crippen LogP contribution in [0.15, 0.2) is 0 Å². The van der Waals surface area contributed by atoms with Crippen molar-refractivity contribution < 1.29 is 4.74 Å². The fraction of sp³-hybridized carbons (Fsp3) is 1.00. The third-order valence-electron chi connectivity index (χ3n) is 5.37. The van der Waals surface area contributed by atoms with E-state index in [4.69, 9.17) is 4.74 Å². The van der Waals surface area contributed by atoms with E-state index in [2.05, 4.69) is 13.8 Å². The number of hydrogen-bond donors (Lipinski definition) is 0. The minimum absolute atomic E-state index is 0.730. The summed E-state index contributed by atoms with van der Waals surface area (Å²) < 4.78 is 5.62. The van der Waals surface area contributed by atoms with Crippen LogP contribution in [0, 0.1) is 23.7 Å². The number of fused-ring (bicyclic) bond motifs is 7. The molecule has 0 aromatic heterocycles. The van der Waals surface area contributed by atoms with Crippen molar-refractivity contribution in [3.63, 3.8) is 0 Å². The molecule has 2 bridgehead atoms. The Morgan fingerprint density at radius 2 is 1.75 bits per heavy atom. The Labute approximate surface area is 99.9 Å². The zero-order valence-corrected chi connectivity index (χ0v) is 10.8. The topological polar surface area (TPSA) is 12.5 Å². The van der Waals surface area contributed by atoms with Gasteiger partial charge in [-0.25, -0.2) is 0 Å². The van der Waals surface area contributed by atoms with Crippen LogP contribution in [-0.2, 0) is 4.74 Å². The van der Waals surface area contributed by atoms with Crippen molar-refractivity contribution in [2.24, 2.45) is 23.7 Å². The fourth-order valence-corrected chi connectivity index (χ4v) is 4.62. The van der Waals surface area contributed by atoms with Crippen molar-refractivity contribution in [1.82, 2.24) is 0 Å². The molecule has 0 amide bonds. The van der Waals surface area contributed by atoms with Gasteiger partial charge in [0.25, 0.3) is 0 Å². The van der Waals surface area contributed by atoms with E-state index < -0.39 is 0 Å². The number of ether oxygens (including phenoxy) is 1. The highest BCUT2D eigenvalue weighted by Crippen LogP contribution is 2.64. The maximum Gasteiger partial charge on any atom is 0.0875 e. The zero-order chi connectivity index (χ0) is 11.1. The second kappa shape index (κ2) is 4.33. The summed E-state index contributed by atoms with van der Waals surface area (Å²) >= 11 is 0. The van der Waals surface area contributed by atoms with Gasteiger partial charge in [-0.05, 0) is 49.4 Å². The van der Waals surface area contributed by atoms with Crippen LogP contribution in [0.25, 0.3) is 0 Å². The van der Waals surface area contributed by atoms with Crippen molar-refractivity contribution in [2.75, 3.05) is 0 Å². The maximum atomic E-state index is 5.62. The van der Waals surface area contributed by atoms with Crippen LogP contribution in [0.2, 0.25) is 0 Å². The molecule has 0 spiro atoms. The Morgan fingerprint density at radius 1 is 1.00 bits per heavy atom. The van der Waals surface area contributed by atoms with Crippen LogP contribution >= 0.6 is 0 Å². The van der Waals surface area contributed by atoms with Gasteiger partial charge in [-0.2, -0.15) is 0 Å². The fourth-order valence-electron chi connectivity index (χ4n) is 4.62. The van der Waals surface area contributed by atoms with Gasteiger partial charge in [-0.3, -0.25) is 0 Å². The monoisotopic (exact) mass is 222 g/mol. The van der Waals surface area contributed by atoms with Gasteiger partial charge in [0.1, 0.15) is 0 Å². The average Bonchev–Trinajstić information content (AvgIpc) is 2.71. The molecule has 0 aromatic rings. The lowest BCUT2D eigenvalue weighted by atomic mass is 9.81. The summed E-state index contributed by atoms with van der Waals surface area (Å²) in [4.78, 5) is 0. The highest BCUT2D eigenvalue weighted by Gasteiger charge is 2.64. The van der Waals surface area contributed by atoms with Crippen LogP contribution in [0.5, 0.6) is 0 Å². The van der Waals surface area contributed by atoms with Crippen LogP contribution in [0.1, 0.15) is 58.8 Å². The third kappa shape index (κ3) is 1.72. The van der Waals surface area contributed by atoms with Crippen LogP contribution in [0.4, 0.5) is 0 Å². The minimum Gasteiger partial charge on any atom is -0.369 e. The number of hydrogen-bond acceptors (Lipinski definition) is 1. The Balaban J connectivity index is 0.000000142. The Morgan fingerprint density at radius 3 is 2.38 bits per heavy atom. The molecule has 16 heavy (non-hydrogen) atoms. The molecule has 1 aliphatic heterocycles. The van der Waals surface area contributed by atoms with E-state index in [0.29, 0.717) is 0 Å². The van der Waals surface area contributed by atoms with Crippen molar-refractivity contribution in [2.45, 2.75) is 71.0 Å². The molecule has 4 fully saturated rings. The van der Waals surface area contributed by atoms with E-state index in [1.807, 2.05) is 0 Å². The van der Waals surface area contributed by atoms with Gasteiger partial charge in [0.05, 0.1) is 12.2 Å². The van der Waals surface area contributed by atoms with Crippen molar-refractivity contribution >= 4 is 0 Å². The standard InChI is InChI=1S/C10H14O.C5H12/c1-2-6-3-5(1)7-4-8-10(11-8)9(6)7;1-3-5-4-2/h5-10H,1-4H2;3-5H2,1-2H3. The first-order valence-electron chi connectivity index (χ1n) is 7.50. The van der Waals surface area contributed by atoms with Crippen LogP contribution < -0.4 is 0 Å². The van der Waals surface area contributed by atoms with E-state index in [1.54, 1.807) is 12.8 Å². The summed E-state index contributed by atoms with van der Waals surface area (Å²) in [5, 5.41) is 0. The normalized spacial score (nSPS) is 50.6. The van der Waals surface area contributed by atoms with Gasteiger partial charge in [0, 0.05) is 0 Å². The van der Waals surface area contributed by atoms with Gasteiger partial charge in [-0.1, -0.05) is 33.1 Å². The predicted octanol–water partition coefficient (Wildman–Crippen LogP) is 4.02. The van der Waals surface area contributed by atoms with Gasteiger partial charge < -0.3 is 4.74 Å². The minimum atomic E-state index is 0.730. The first-order chi connectivity index (χ1) is 7.85. The summed E-state index contributed by atoms with van der Waals surface area (Å²) in [5.74, 6) is 4.35. The summed E-state index contributed by atoms with van der Waals surface area (Å²) in [7, 11) is 0. The molecule has 0 aromatic carbocycles. The lowest BCUT2D eigenvalue weighted by molar-refractivity contribution is 0.147. The molecular formula is C15H26O. The van der Waals surface area contributed by atoms with E-state index in [1.165, 1.54) is 32.1 Å². The largest absolute Gasteiger partial charge is 0.369 e. The molecule has 92 valence electrons. The smallest absolute Gasteiger partial charge is 0.0875 e. The van der Waals surface area contributed by atoms with Crippen molar-refractivity contribution in [3.05, 3.63) is 0 Å². The summed E-state index contributed by atoms with van der Waals surface area (Å²) in [6, 6.07) is 0. The van der Waals surface area contributed by atoms with E-state index in [0.717, 1.165) is 35.9 Å². The van der Waals surface area contributed by atoms with E-state index in [-0.39, 0.29) is 0 Å². The molecule has 4 rings (SSSR count). The molecule has 1 saturated heterocycles. The SMILES string of the molecule is C1CC2CC1C1CC3OC3C21.CCCCC. The first kappa shape index (κ1) is 11.1.